The summed E-state index contributed by atoms with van der Waals surface area (Å²) < 4.78 is 2.93. The number of carbonyl (C=O) groups excluding carboxylic acids is 3. The van der Waals surface area contributed by atoms with Gasteiger partial charge < -0.3 is 39.5 Å². The average molecular weight is 406 g/mol. The van der Waals surface area contributed by atoms with E-state index in [0.717, 1.165) is 0 Å². The normalized spacial score (nSPS) is 11.1. The number of carbonyl (C=O) groups is 3. The Balaban J connectivity index is -0.000000154. The van der Waals surface area contributed by atoms with Gasteiger partial charge in [-0.05, 0) is 23.4 Å². The van der Waals surface area contributed by atoms with Crippen LogP contribution in [0.15, 0.2) is 23.8 Å². The first-order valence-corrected chi connectivity index (χ1v) is 5.72. The van der Waals surface area contributed by atoms with E-state index in [4.69, 9.17) is 5.11 Å². The Bertz CT molecular complexity index is 389. The van der Waals surface area contributed by atoms with Gasteiger partial charge in [-0.2, -0.15) is 0 Å². The van der Waals surface area contributed by atoms with Crippen LogP contribution in [0.3, 0.4) is 0 Å². The molecule has 22 heavy (non-hydrogen) atoms. The molecule has 0 unspecified atom stereocenters. The Hall–Kier alpha value is 2.91. The SMILES string of the molecule is C1=CNSC=C1.O=C([O-])CC(O)(CC(=O)[O-])C(=O)[O-].[K+].[K+].[K+]. The van der Waals surface area contributed by atoms with Crippen LogP contribution in [0.1, 0.15) is 12.8 Å². The molecular formula is C10H10K3NO7S. The van der Waals surface area contributed by atoms with Gasteiger partial charge in [0.25, 0.3) is 0 Å². The molecule has 0 radical (unpaired) electrons. The predicted molar refractivity (Wildman–Crippen MR) is 58.2 cm³/mol. The summed E-state index contributed by atoms with van der Waals surface area (Å²) in [5.41, 5.74) is -2.97. The van der Waals surface area contributed by atoms with E-state index in [1.807, 2.05) is 23.8 Å². The molecule has 8 nitrogen and oxygen atoms in total. The predicted octanol–water partition coefficient (Wildman–Crippen LogP) is -13.0. The number of carboxylic acid groups (broad SMARTS) is 3. The molecule has 0 fully saturated rings. The van der Waals surface area contributed by atoms with Crippen LogP contribution >= 0.6 is 11.9 Å². The number of allylic oxidation sites excluding steroid dienone is 2. The Morgan fingerprint density at radius 1 is 1.00 bits per heavy atom. The average Bonchev–Trinajstić information content (AvgIpc) is 2.29. The third-order valence-corrected chi connectivity index (χ3v) is 2.31. The minimum Gasteiger partial charge on any atom is -0.550 e. The zero-order chi connectivity index (χ0) is 14.9. The Morgan fingerprint density at radius 3 is 1.59 bits per heavy atom. The van der Waals surface area contributed by atoms with Crippen LogP contribution in [0.25, 0.3) is 0 Å². The molecule has 1 aliphatic heterocycles. The van der Waals surface area contributed by atoms with E-state index in [0.29, 0.717) is 0 Å². The largest absolute Gasteiger partial charge is 1.00 e. The second-order valence-electron chi connectivity index (χ2n) is 3.34. The number of rotatable bonds is 5. The first-order valence-electron chi connectivity index (χ1n) is 4.84. The smallest absolute Gasteiger partial charge is 0.550 e. The summed E-state index contributed by atoms with van der Waals surface area (Å²) in [5.74, 6) is -5.98. The van der Waals surface area contributed by atoms with Crippen LogP contribution in [0.2, 0.25) is 0 Å². The monoisotopic (exact) mass is 405 g/mol. The van der Waals surface area contributed by atoms with Gasteiger partial charge in [0.15, 0.2) is 0 Å². The van der Waals surface area contributed by atoms with Crippen molar-refractivity contribution in [1.29, 1.82) is 0 Å². The van der Waals surface area contributed by atoms with Crippen molar-refractivity contribution in [2.24, 2.45) is 0 Å². The van der Waals surface area contributed by atoms with E-state index in [2.05, 4.69) is 4.72 Å². The summed E-state index contributed by atoms with van der Waals surface area (Å²) in [6, 6.07) is 0. The van der Waals surface area contributed by atoms with Crippen molar-refractivity contribution >= 4 is 29.9 Å². The zero-order valence-corrected chi connectivity index (χ0v) is 22.7. The van der Waals surface area contributed by atoms with Crippen molar-refractivity contribution in [3.05, 3.63) is 23.8 Å². The third kappa shape index (κ3) is 17.7. The summed E-state index contributed by atoms with van der Waals surface area (Å²) >= 11 is 1.58. The molecule has 0 atom stereocenters. The van der Waals surface area contributed by atoms with Gasteiger partial charge in [-0.15, -0.1) is 0 Å². The topological polar surface area (TPSA) is 153 Å². The van der Waals surface area contributed by atoms with E-state index < -0.39 is 36.4 Å². The van der Waals surface area contributed by atoms with E-state index in [1.54, 1.807) is 11.9 Å². The molecule has 0 spiro atoms. The zero-order valence-electron chi connectivity index (χ0n) is 12.5. The van der Waals surface area contributed by atoms with Gasteiger partial charge in [0.1, 0.15) is 5.60 Å². The van der Waals surface area contributed by atoms with Crippen molar-refractivity contribution in [3.63, 3.8) is 0 Å². The van der Waals surface area contributed by atoms with Gasteiger partial charge in [0, 0.05) is 31.0 Å². The number of hydrogen-bond acceptors (Lipinski definition) is 9. The summed E-state index contributed by atoms with van der Waals surface area (Å²) in [6.07, 6.45) is 3.12. The van der Waals surface area contributed by atoms with E-state index in [-0.39, 0.29) is 154 Å². The van der Waals surface area contributed by atoms with Crippen molar-refractivity contribution < 1.29 is 189 Å². The molecule has 0 bridgehead atoms. The van der Waals surface area contributed by atoms with Crippen LogP contribution in [-0.2, 0) is 14.4 Å². The minimum atomic E-state index is -2.97. The molecule has 1 heterocycles. The third-order valence-electron chi connectivity index (χ3n) is 1.74. The van der Waals surface area contributed by atoms with Gasteiger partial charge in [0.2, 0.25) is 0 Å². The van der Waals surface area contributed by atoms with E-state index >= 15 is 0 Å². The fourth-order valence-electron chi connectivity index (χ4n) is 0.942. The maximum absolute atomic E-state index is 10.1. The maximum Gasteiger partial charge on any atom is 1.00 e. The Morgan fingerprint density at radius 2 is 1.45 bits per heavy atom. The molecule has 2 N–H and O–H groups in total. The van der Waals surface area contributed by atoms with Crippen molar-refractivity contribution in [3.8, 4) is 0 Å². The van der Waals surface area contributed by atoms with E-state index in [1.165, 1.54) is 0 Å². The number of carboxylic acids is 3. The standard InChI is InChI=1S/C6H8O7.C4H5NS.3K/c7-3(8)1-6(13,5(11)12)2-4(9)10;1-2-4-6-5-3-1;;;/h13H,1-2H2,(H,7,8)(H,9,10)(H,11,12);1-5H;;;/q;;3*+1/p-3. The van der Waals surface area contributed by atoms with Crippen LogP contribution in [-0.4, -0.2) is 28.6 Å². The first kappa shape index (κ1) is 32.6. The number of nitrogens with one attached hydrogen (secondary N) is 1. The summed E-state index contributed by atoms with van der Waals surface area (Å²) in [5, 5.41) is 40.9. The number of aliphatic hydroxyl groups is 1. The van der Waals surface area contributed by atoms with Gasteiger partial charge >= 0.3 is 154 Å². The molecular weight excluding hydrogens is 395 g/mol. The second kappa shape index (κ2) is 18.7. The molecule has 1 aliphatic rings. The molecule has 0 aromatic rings. The summed E-state index contributed by atoms with van der Waals surface area (Å²) in [6.45, 7) is 0. The minimum absolute atomic E-state index is 0. The fourth-order valence-corrected chi connectivity index (χ4v) is 1.35. The van der Waals surface area contributed by atoms with Gasteiger partial charge in [-0.1, -0.05) is 6.08 Å². The number of aliphatic carboxylic acids is 3. The van der Waals surface area contributed by atoms with Crippen molar-refractivity contribution in [2.75, 3.05) is 0 Å². The van der Waals surface area contributed by atoms with Crippen LogP contribution in [0.5, 0.6) is 0 Å². The molecule has 106 valence electrons. The molecule has 0 aromatic carbocycles. The Kier molecular flexibility index (Phi) is 27.7. The van der Waals surface area contributed by atoms with Crippen LogP contribution < -0.4 is 174 Å². The van der Waals surface area contributed by atoms with Gasteiger partial charge in [-0.3, -0.25) is 0 Å². The van der Waals surface area contributed by atoms with Gasteiger partial charge in [-0.25, -0.2) is 0 Å². The number of hydrogen-bond donors (Lipinski definition) is 2. The molecule has 0 saturated carbocycles. The summed E-state index contributed by atoms with van der Waals surface area (Å²) in [4.78, 5) is 30.0. The van der Waals surface area contributed by atoms with Crippen molar-refractivity contribution in [1.82, 2.24) is 4.72 Å². The maximum atomic E-state index is 10.1. The second-order valence-corrected chi connectivity index (χ2v) is 4.08. The summed E-state index contributed by atoms with van der Waals surface area (Å²) in [7, 11) is 0. The molecule has 0 aromatic heterocycles. The van der Waals surface area contributed by atoms with E-state index in [9.17, 15) is 29.7 Å². The molecule has 0 aliphatic carbocycles. The van der Waals surface area contributed by atoms with Crippen LogP contribution in [0, 0.1) is 0 Å². The molecule has 0 amide bonds. The fraction of sp³-hybridized carbons (Fsp3) is 0.300. The molecule has 0 saturated heterocycles. The van der Waals surface area contributed by atoms with Crippen molar-refractivity contribution in [2.45, 2.75) is 18.4 Å². The first-order chi connectivity index (χ1) is 8.78. The molecule has 12 heteroatoms. The molecule has 1 rings (SSSR count). The quantitative estimate of drug-likeness (QED) is 0.335. The Labute approximate surface area is 259 Å². The van der Waals surface area contributed by atoms with Crippen LogP contribution in [0.4, 0.5) is 0 Å². The van der Waals surface area contributed by atoms with Gasteiger partial charge in [0.05, 0.1) is 5.97 Å².